The Hall–Kier alpha value is 0.0700. The second-order valence-corrected chi connectivity index (χ2v) is 4.80. The van der Waals surface area contributed by atoms with Gasteiger partial charge in [-0.05, 0) is 11.8 Å². The molecule has 0 aliphatic heterocycles. The first-order valence-corrected chi connectivity index (χ1v) is 5.31. The molecule has 1 unspecified atom stereocenters. The van der Waals surface area contributed by atoms with Crippen LogP contribution >= 0.6 is 0 Å². The molecule has 0 saturated heterocycles. The highest BCUT2D eigenvalue weighted by atomic mass is 32.2. The van der Waals surface area contributed by atoms with E-state index < -0.39 is 11.3 Å². The fourth-order valence-corrected chi connectivity index (χ4v) is 1.85. The van der Waals surface area contributed by atoms with E-state index in [1.54, 1.807) is 0 Å². The molecular weight excluding hydrogens is 174 g/mol. The van der Waals surface area contributed by atoms with Crippen LogP contribution < -0.4 is 0 Å². The minimum absolute atomic E-state index is 0.390. The van der Waals surface area contributed by atoms with Gasteiger partial charge in [0.25, 0.3) is 0 Å². The van der Waals surface area contributed by atoms with E-state index >= 15 is 0 Å². The van der Waals surface area contributed by atoms with Gasteiger partial charge in [0.2, 0.25) is 0 Å². The number of rotatable bonds is 5. The summed E-state index contributed by atoms with van der Waals surface area (Å²) >= 11 is -2.06. The van der Waals surface area contributed by atoms with Gasteiger partial charge in [-0.2, -0.15) is 0 Å². The van der Waals surface area contributed by atoms with Gasteiger partial charge in [-0.25, -0.2) is 4.31 Å². The molecule has 1 atom stereocenters. The fraction of sp³-hybridized carbons (Fsp3) is 1.00. The summed E-state index contributed by atoms with van der Waals surface area (Å²) in [5, 5.41) is 0. The highest BCUT2D eigenvalue weighted by molar-refractivity contribution is 7.76. The lowest BCUT2D eigenvalue weighted by molar-refractivity contribution is 0.321. The van der Waals surface area contributed by atoms with Crippen molar-refractivity contribution >= 4 is 11.3 Å². The van der Waals surface area contributed by atoms with E-state index in [1.807, 2.05) is 27.7 Å². The predicted molar refractivity (Wildman–Crippen MR) is 50.2 cm³/mol. The van der Waals surface area contributed by atoms with Gasteiger partial charge < -0.3 is 4.55 Å². The summed E-state index contributed by atoms with van der Waals surface area (Å²) in [6.07, 6.45) is 0. The lowest BCUT2D eigenvalue weighted by atomic mass is 10.2. The third-order valence-corrected chi connectivity index (χ3v) is 2.07. The van der Waals surface area contributed by atoms with Gasteiger partial charge in [0.1, 0.15) is 0 Å². The van der Waals surface area contributed by atoms with Crippen LogP contribution in [0.5, 0.6) is 0 Å². The Bertz CT molecular complexity index is 138. The van der Waals surface area contributed by atoms with Crippen molar-refractivity contribution < 1.29 is 8.76 Å². The molecule has 12 heavy (non-hydrogen) atoms. The van der Waals surface area contributed by atoms with Gasteiger partial charge in [0.05, 0.1) is 0 Å². The summed E-state index contributed by atoms with van der Waals surface area (Å²) in [6.45, 7) is 9.29. The maximum absolute atomic E-state index is 10.7. The van der Waals surface area contributed by atoms with E-state index in [1.165, 1.54) is 4.31 Å². The van der Waals surface area contributed by atoms with E-state index in [9.17, 15) is 8.76 Å². The van der Waals surface area contributed by atoms with E-state index in [0.717, 1.165) is 0 Å². The van der Waals surface area contributed by atoms with Crippen molar-refractivity contribution in [3.05, 3.63) is 0 Å². The molecule has 0 aliphatic carbocycles. The molecule has 0 amide bonds. The van der Waals surface area contributed by atoms with Gasteiger partial charge in [-0.1, -0.05) is 27.7 Å². The van der Waals surface area contributed by atoms with E-state index in [0.29, 0.717) is 24.9 Å². The molecule has 0 aromatic rings. The van der Waals surface area contributed by atoms with Crippen LogP contribution in [-0.4, -0.2) is 26.2 Å². The van der Waals surface area contributed by atoms with E-state index in [2.05, 4.69) is 0 Å². The standard InChI is InChI=1S/C8H19NO2S/c1-7(2)5-9(12(10)11)6-8(3)4/h7-8H,5-6H2,1-4H3,(H,10,11)/p-1. The van der Waals surface area contributed by atoms with Crippen molar-refractivity contribution in [2.45, 2.75) is 27.7 Å². The zero-order chi connectivity index (χ0) is 9.72. The molecular formula is C8H18NO2S-. The lowest BCUT2D eigenvalue weighted by Gasteiger charge is -2.27. The van der Waals surface area contributed by atoms with Crippen LogP contribution in [0.2, 0.25) is 0 Å². The second kappa shape index (κ2) is 5.67. The highest BCUT2D eigenvalue weighted by Gasteiger charge is 2.09. The maximum atomic E-state index is 10.7. The first-order chi connectivity index (χ1) is 5.43. The quantitative estimate of drug-likeness (QED) is 0.618. The van der Waals surface area contributed by atoms with Crippen LogP contribution in [0.3, 0.4) is 0 Å². The van der Waals surface area contributed by atoms with Gasteiger partial charge in [0, 0.05) is 24.4 Å². The topological polar surface area (TPSA) is 43.4 Å². The molecule has 0 spiro atoms. The summed E-state index contributed by atoms with van der Waals surface area (Å²) < 4.78 is 22.9. The molecule has 0 fully saturated rings. The predicted octanol–water partition coefficient (Wildman–Crippen LogP) is 1.39. The average molecular weight is 192 g/mol. The molecule has 0 heterocycles. The summed E-state index contributed by atoms with van der Waals surface area (Å²) in [4.78, 5) is 0. The molecule has 74 valence electrons. The molecule has 0 rings (SSSR count). The Labute approximate surface area is 77.6 Å². The summed E-state index contributed by atoms with van der Waals surface area (Å²) in [5.41, 5.74) is 0. The smallest absolute Gasteiger partial charge is 0.0209 e. The molecule has 0 bridgehead atoms. The van der Waals surface area contributed by atoms with Crippen LogP contribution in [0, 0.1) is 11.8 Å². The largest absolute Gasteiger partial charge is 0.760 e. The van der Waals surface area contributed by atoms with Crippen molar-refractivity contribution in [1.29, 1.82) is 0 Å². The minimum Gasteiger partial charge on any atom is -0.760 e. The van der Waals surface area contributed by atoms with Crippen molar-refractivity contribution in [3.63, 3.8) is 0 Å². The number of hydrogen-bond acceptors (Lipinski definition) is 2. The molecule has 0 radical (unpaired) electrons. The molecule has 0 aromatic heterocycles. The monoisotopic (exact) mass is 192 g/mol. The first-order valence-electron chi connectivity index (χ1n) is 4.27. The molecule has 0 N–H and O–H groups in total. The van der Waals surface area contributed by atoms with Gasteiger partial charge in [0.15, 0.2) is 0 Å². The van der Waals surface area contributed by atoms with Crippen molar-refractivity contribution in [1.82, 2.24) is 4.31 Å². The first kappa shape index (κ1) is 12.1. The second-order valence-electron chi connectivity index (χ2n) is 3.85. The summed E-state index contributed by atoms with van der Waals surface area (Å²) in [7, 11) is 0. The van der Waals surface area contributed by atoms with Gasteiger partial charge >= 0.3 is 0 Å². The number of nitrogens with zero attached hydrogens (tertiary/aromatic N) is 1. The summed E-state index contributed by atoms with van der Waals surface area (Å²) in [5.74, 6) is 0.781. The van der Waals surface area contributed by atoms with Crippen LogP contribution in [-0.2, 0) is 11.3 Å². The SMILES string of the molecule is CC(C)CN(CC(C)C)S(=O)[O-]. The Balaban J connectivity index is 3.96. The number of hydrogen-bond donors (Lipinski definition) is 0. The Morgan fingerprint density at radius 2 is 1.50 bits per heavy atom. The minimum atomic E-state index is -2.06. The van der Waals surface area contributed by atoms with Crippen molar-refractivity contribution in [3.8, 4) is 0 Å². The molecule has 0 saturated carbocycles. The maximum Gasteiger partial charge on any atom is 0.0209 e. The molecule has 0 aromatic carbocycles. The fourth-order valence-electron chi connectivity index (χ4n) is 1.01. The summed E-state index contributed by atoms with van der Waals surface area (Å²) in [6, 6.07) is 0. The third kappa shape index (κ3) is 5.69. The third-order valence-electron chi connectivity index (χ3n) is 1.35. The average Bonchev–Trinajstić information content (AvgIpc) is 1.83. The zero-order valence-electron chi connectivity index (χ0n) is 8.24. The Morgan fingerprint density at radius 1 is 1.17 bits per heavy atom. The van der Waals surface area contributed by atoms with Crippen LogP contribution in [0.15, 0.2) is 0 Å². The lowest BCUT2D eigenvalue weighted by Crippen LogP contribution is -2.32. The molecule has 4 heteroatoms. The van der Waals surface area contributed by atoms with Crippen LogP contribution in [0.25, 0.3) is 0 Å². The molecule has 0 aliphatic rings. The van der Waals surface area contributed by atoms with E-state index in [-0.39, 0.29) is 0 Å². The van der Waals surface area contributed by atoms with Crippen LogP contribution in [0.4, 0.5) is 0 Å². The van der Waals surface area contributed by atoms with Crippen molar-refractivity contribution in [2.75, 3.05) is 13.1 Å². The Kier molecular flexibility index (Phi) is 5.70. The normalized spacial score (nSPS) is 14.7. The van der Waals surface area contributed by atoms with Gasteiger partial charge in [-0.15, -0.1) is 0 Å². The Morgan fingerprint density at radius 3 is 1.67 bits per heavy atom. The highest BCUT2D eigenvalue weighted by Crippen LogP contribution is 2.04. The molecule has 3 nitrogen and oxygen atoms in total. The van der Waals surface area contributed by atoms with E-state index in [4.69, 9.17) is 0 Å². The zero-order valence-corrected chi connectivity index (χ0v) is 9.06. The van der Waals surface area contributed by atoms with Crippen molar-refractivity contribution in [2.24, 2.45) is 11.8 Å². The van der Waals surface area contributed by atoms with Gasteiger partial charge in [-0.3, -0.25) is 4.21 Å². The van der Waals surface area contributed by atoms with Crippen LogP contribution in [0.1, 0.15) is 27.7 Å².